The molecular formula is C20H27N5OS. The number of hydrogen-bond donors (Lipinski definition) is 1. The van der Waals surface area contributed by atoms with E-state index in [1.165, 1.54) is 4.70 Å². The number of piperazine rings is 1. The Hall–Kier alpha value is -1.83. The van der Waals surface area contributed by atoms with Crippen molar-refractivity contribution >= 4 is 21.6 Å². The first kappa shape index (κ1) is 18.5. The number of fused-ring (bicyclic) bond motifs is 1. The monoisotopic (exact) mass is 385 g/mol. The number of nitrogens with zero attached hydrogens (tertiary/aromatic N) is 4. The first-order valence-electron chi connectivity index (χ1n) is 9.74. The van der Waals surface area contributed by atoms with E-state index in [4.69, 9.17) is 14.5 Å². The van der Waals surface area contributed by atoms with E-state index in [1.54, 1.807) is 11.3 Å². The van der Waals surface area contributed by atoms with Crippen molar-refractivity contribution in [2.75, 3.05) is 26.7 Å². The van der Waals surface area contributed by atoms with Gasteiger partial charge in [0.2, 0.25) is 5.89 Å². The van der Waals surface area contributed by atoms with Crippen LogP contribution in [-0.4, -0.2) is 46.7 Å². The van der Waals surface area contributed by atoms with Gasteiger partial charge in [-0.3, -0.25) is 4.90 Å². The lowest BCUT2D eigenvalue weighted by molar-refractivity contribution is 0.189. The summed E-state index contributed by atoms with van der Waals surface area (Å²) in [6.45, 7) is 7.26. The molecule has 6 nitrogen and oxygen atoms in total. The van der Waals surface area contributed by atoms with E-state index in [1.807, 2.05) is 6.07 Å². The molecule has 1 aliphatic heterocycles. The molecule has 1 aliphatic rings. The second-order valence-electron chi connectivity index (χ2n) is 7.40. The molecule has 4 rings (SSSR count). The maximum absolute atomic E-state index is 5.82. The van der Waals surface area contributed by atoms with Crippen molar-refractivity contribution < 1.29 is 4.52 Å². The molecule has 0 saturated carbocycles. The van der Waals surface area contributed by atoms with Crippen LogP contribution in [0.4, 0.5) is 0 Å². The number of aromatic nitrogens is 3. The summed E-state index contributed by atoms with van der Waals surface area (Å²) in [5, 5.41) is 8.91. The summed E-state index contributed by atoms with van der Waals surface area (Å²) >= 11 is 1.77. The molecule has 0 aliphatic carbocycles. The molecule has 3 aromatic rings. The van der Waals surface area contributed by atoms with Crippen molar-refractivity contribution in [1.82, 2.24) is 25.3 Å². The van der Waals surface area contributed by atoms with E-state index in [0.717, 1.165) is 61.1 Å². The number of nitrogens with one attached hydrogen (secondary N) is 1. The predicted octanol–water partition coefficient (Wildman–Crippen LogP) is 3.56. The number of likely N-dealkylation sites (N-methyl/N-ethyl adjacent to an activating group) is 1. The Morgan fingerprint density at radius 2 is 2.07 bits per heavy atom. The summed E-state index contributed by atoms with van der Waals surface area (Å²) in [7, 11) is 2.12. The molecule has 27 heavy (non-hydrogen) atoms. The Balaban J connectivity index is 1.63. The molecule has 0 radical (unpaired) electrons. The maximum Gasteiger partial charge on any atom is 0.233 e. The zero-order valence-electron chi connectivity index (χ0n) is 16.2. The highest BCUT2D eigenvalue weighted by atomic mass is 32.1. The number of para-hydroxylation sites is 1. The standard InChI is InChI=1S/C20H27N5OS/c1-4-20(5-2,12-17-22-14-8-6-7-9-16(14)27-17)19-23-18(24-26-19)15-13-21-10-11-25(15)3/h6-9,15,21H,4-5,10-13H2,1-3H3. The molecule has 7 heteroatoms. The Kier molecular flexibility index (Phi) is 5.25. The van der Waals surface area contributed by atoms with Crippen LogP contribution in [0.15, 0.2) is 28.8 Å². The Morgan fingerprint density at radius 3 is 2.81 bits per heavy atom. The maximum atomic E-state index is 5.82. The number of hydrogen-bond acceptors (Lipinski definition) is 7. The average Bonchev–Trinajstić information content (AvgIpc) is 3.33. The second-order valence-corrected chi connectivity index (χ2v) is 8.51. The third kappa shape index (κ3) is 3.51. The van der Waals surface area contributed by atoms with Crippen LogP contribution in [0.25, 0.3) is 10.2 Å². The number of rotatable bonds is 6. The lowest BCUT2D eigenvalue weighted by atomic mass is 9.79. The molecule has 0 spiro atoms. The molecule has 3 heterocycles. The van der Waals surface area contributed by atoms with E-state index < -0.39 is 0 Å². The highest BCUT2D eigenvalue weighted by Crippen LogP contribution is 2.37. The van der Waals surface area contributed by atoms with E-state index in [-0.39, 0.29) is 11.5 Å². The van der Waals surface area contributed by atoms with Gasteiger partial charge in [0.05, 0.1) is 26.7 Å². The van der Waals surface area contributed by atoms with Gasteiger partial charge in [-0.15, -0.1) is 11.3 Å². The fraction of sp³-hybridized carbons (Fsp3) is 0.550. The third-order valence-electron chi connectivity index (χ3n) is 5.89. The zero-order chi connectivity index (χ0) is 18.9. The van der Waals surface area contributed by atoms with Gasteiger partial charge < -0.3 is 9.84 Å². The molecule has 0 amide bonds. The molecule has 1 aromatic carbocycles. The lowest BCUT2D eigenvalue weighted by Gasteiger charge is -2.30. The highest BCUT2D eigenvalue weighted by Gasteiger charge is 2.37. The highest BCUT2D eigenvalue weighted by molar-refractivity contribution is 7.18. The van der Waals surface area contributed by atoms with Crippen molar-refractivity contribution in [3.8, 4) is 0 Å². The van der Waals surface area contributed by atoms with Gasteiger partial charge in [0, 0.05) is 26.1 Å². The summed E-state index contributed by atoms with van der Waals surface area (Å²) in [4.78, 5) is 12.0. The average molecular weight is 386 g/mol. The van der Waals surface area contributed by atoms with Crippen LogP contribution in [0.2, 0.25) is 0 Å². The van der Waals surface area contributed by atoms with Crippen LogP contribution < -0.4 is 5.32 Å². The number of thiazole rings is 1. The summed E-state index contributed by atoms with van der Waals surface area (Å²) in [6, 6.07) is 8.48. The minimum Gasteiger partial charge on any atom is -0.339 e. The second kappa shape index (κ2) is 7.66. The lowest BCUT2D eigenvalue weighted by Crippen LogP contribution is -2.44. The summed E-state index contributed by atoms with van der Waals surface area (Å²) in [6.07, 6.45) is 2.72. The van der Waals surface area contributed by atoms with Gasteiger partial charge in [-0.1, -0.05) is 31.1 Å². The van der Waals surface area contributed by atoms with Crippen LogP contribution in [0.5, 0.6) is 0 Å². The van der Waals surface area contributed by atoms with Gasteiger partial charge in [0.1, 0.15) is 0 Å². The van der Waals surface area contributed by atoms with Crippen molar-refractivity contribution in [1.29, 1.82) is 0 Å². The van der Waals surface area contributed by atoms with Crippen LogP contribution in [0.1, 0.15) is 49.5 Å². The van der Waals surface area contributed by atoms with Gasteiger partial charge in [-0.25, -0.2) is 4.98 Å². The molecule has 1 N–H and O–H groups in total. The van der Waals surface area contributed by atoms with Crippen molar-refractivity contribution in [3.63, 3.8) is 0 Å². The molecular weight excluding hydrogens is 358 g/mol. The molecule has 1 unspecified atom stereocenters. The van der Waals surface area contributed by atoms with E-state index in [2.05, 4.69) is 54.5 Å². The molecule has 1 fully saturated rings. The van der Waals surface area contributed by atoms with Crippen LogP contribution in [-0.2, 0) is 11.8 Å². The van der Waals surface area contributed by atoms with Crippen LogP contribution >= 0.6 is 11.3 Å². The smallest absolute Gasteiger partial charge is 0.233 e. The molecule has 1 atom stereocenters. The largest absolute Gasteiger partial charge is 0.339 e. The van der Waals surface area contributed by atoms with Crippen LogP contribution in [0.3, 0.4) is 0 Å². The van der Waals surface area contributed by atoms with Gasteiger partial charge in [-0.05, 0) is 32.0 Å². The Morgan fingerprint density at radius 1 is 1.26 bits per heavy atom. The summed E-state index contributed by atoms with van der Waals surface area (Å²) in [5.74, 6) is 1.54. The summed E-state index contributed by atoms with van der Waals surface area (Å²) in [5.41, 5.74) is 0.902. The summed E-state index contributed by atoms with van der Waals surface area (Å²) < 4.78 is 7.05. The van der Waals surface area contributed by atoms with Gasteiger partial charge in [0.25, 0.3) is 0 Å². The normalized spacial score (nSPS) is 19.0. The first-order chi connectivity index (χ1) is 13.1. The minimum atomic E-state index is -0.167. The molecule has 1 saturated heterocycles. The fourth-order valence-electron chi connectivity index (χ4n) is 3.84. The predicted molar refractivity (Wildman–Crippen MR) is 108 cm³/mol. The molecule has 0 bridgehead atoms. The van der Waals surface area contributed by atoms with Gasteiger partial charge in [-0.2, -0.15) is 4.98 Å². The van der Waals surface area contributed by atoms with Crippen molar-refractivity contribution in [3.05, 3.63) is 41.0 Å². The SMILES string of the molecule is CCC(CC)(Cc1nc2ccccc2s1)c1nc(C2CNCCN2C)no1. The van der Waals surface area contributed by atoms with E-state index >= 15 is 0 Å². The zero-order valence-corrected chi connectivity index (χ0v) is 17.1. The van der Waals surface area contributed by atoms with Crippen LogP contribution in [0, 0.1) is 0 Å². The molecule has 144 valence electrons. The van der Waals surface area contributed by atoms with Gasteiger partial charge >= 0.3 is 0 Å². The third-order valence-corrected chi connectivity index (χ3v) is 6.92. The first-order valence-corrected chi connectivity index (χ1v) is 10.6. The van der Waals surface area contributed by atoms with Gasteiger partial charge in [0.15, 0.2) is 5.82 Å². The minimum absolute atomic E-state index is 0.167. The number of benzene rings is 1. The quantitative estimate of drug-likeness (QED) is 0.700. The fourth-order valence-corrected chi connectivity index (χ4v) is 4.95. The van der Waals surface area contributed by atoms with E-state index in [0.29, 0.717) is 0 Å². The van der Waals surface area contributed by atoms with Crippen molar-refractivity contribution in [2.45, 2.75) is 44.6 Å². The van der Waals surface area contributed by atoms with E-state index in [9.17, 15) is 0 Å². The molecule has 2 aromatic heterocycles. The Bertz CT molecular complexity index is 868. The van der Waals surface area contributed by atoms with Crippen molar-refractivity contribution in [2.24, 2.45) is 0 Å². The topological polar surface area (TPSA) is 67.1 Å². The Labute approximate surface area is 164 Å².